The second-order valence-electron chi connectivity index (χ2n) is 7.95. The van der Waals surface area contributed by atoms with Crippen LogP contribution in [0.15, 0.2) is 35.4 Å². The molecule has 1 fully saturated rings. The van der Waals surface area contributed by atoms with Crippen molar-refractivity contribution >= 4 is 32.7 Å². The maximum Gasteiger partial charge on any atom is 0.273 e. The first kappa shape index (κ1) is 21.5. The lowest BCUT2D eigenvalue weighted by Gasteiger charge is -2.33. The highest BCUT2D eigenvalue weighted by molar-refractivity contribution is 7.22. The summed E-state index contributed by atoms with van der Waals surface area (Å²) < 4.78 is 1.85. The van der Waals surface area contributed by atoms with Crippen LogP contribution in [0.5, 0.6) is 0 Å². The predicted molar refractivity (Wildman–Crippen MR) is 124 cm³/mol. The molecule has 1 N–H and O–H groups in total. The number of piperazine rings is 1. The van der Waals surface area contributed by atoms with Gasteiger partial charge in [-0.05, 0) is 26.0 Å². The van der Waals surface area contributed by atoms with Gasteiger partial charge in [-0.25, -0.2) is 4.98 Å². The lowest BCUT2D eigenvalue weighted by Crippen LogP contribution is -2.46. The third-order valence-corrected chi connectivity index (χ3v) is 6.82. The lowest BCUT2D eigenvalue weighted by atomic mass is 10.1. The van der Waals surface area contributed by atoms with E-state index < -0.39 is 0 Å². The molecule has 4 rings (SSSR count). The van der Waals surface area contributed by atoms with Gasteiger partial charge in [0.05, 0.1) is 6.04 Å². The number of carbonyl (C=O) groups is 1. The maximum atomic E-state index is 12.9. The third-order valence-electron chi connectivity index (χ3n) is 5.73. The Hall–Kier alpha value is -2.78. The highest BCUT2D eigenvalue weighted by Gasteiger charge is 2.21. The number of amides is 1. The first-order valence-electron chi connectivity index (χ1n) is 10.6. The zero-order chi connectivity index (χ0) is 22.0. The summed E-state index contributed by atoms with van der Waals surface area (Å²) in [6.07, 6.45) is 1.42. The van der Waals surface area contributed by atoms with Crippen LogP contribution in [0.2, 0.25) is 0 Å². The van der Waals surface area contributed by atoms with Crippen LogP contribution in [0, 0.1) is 6.92 Å². The minimum absolute atomic E-state index is 0.0691. The minimum Gasteiger partial charge on any atom is -0.348 e. The lowest BCUT2D eigenvalue weighted by molar-refractivity contribution is -0.122. The fourth-order valence-electron chi connectivity index (χ4n) is 3.72. The van der Waals surface area contributed by atoms with Crippen molar-refractivity contribution in [1.29, 1.82) is 0 Å². The van der Waals surface area contributed by atoms with Gasteiger partial charge in [0.1, 0.15) is 17.6 Å². The van der Waals surface area contributed by atoms with E-state index in [1.165, 1.54) is 27.8 Å². The molecular formula is C22H28N6O2S. The number of thiazole rings is 1. The molecule has 1 saturated heterocycles. The molecule has 164 valence electrons. The largest absolute Gasteiger partial charge is 0.348 e. The number of rotatable bonds is 6. The van der Waals surface area contributed by atoms with Crippen LogP contribution < -0.4 is 15.8 Å². The van der Waals surface area contributed by atoms with Crippen molar-refractivity contribution in [3.8, 4) is 0 Å². The molecule has 3 heterocycles. The van der Waals surface area contributed by atoms with Crippen LogP contribution in [0.25, 0.3) is 10.3 Å². The van der Waals surface area contributed by atoms with E-state index in [1.54, 1.807) is 0 Å². The molecule has 0 aliphatic carbocycles. The Morgan fingerprint density at radius 2 is 1.90 bits per heavy atom. The number of anilines is 1. The number of aromatic nitrogens is 3. The first-order valence-corrected chi connectivity index (χ1v) is 11.5. The van der Waals surface area contributed by atoms with Gasteiger partial charge < -0.3 is 15.1 Å². The van der Waals surface area contributed by atoms with Gasteiger partial charge in [0.25, 0.3) is 5.56 Å². The topological polar surface area (TPSA) is 83.4 Å². The second-order valence-corrected chi connectivity index (χ2v) is 8.93. The number of fused-ring (bicyclic) bond motifs is 1. The summed E-state index contributed by atoms with van der Waals surface area (Å²) in [4.78, 5) is 39.0. The smallest absolute Gasteiger partial charge is 0.273 e. The summed E-state index contributed by atoms with van der Waals surface area (Å²) in [5, 5.41) is 3.78. The number of nitrogens with one attached hydrogen (secondary N) is 1. The van der Waals surface area contributed by atoms with Crippen LogP contribution >= 0.6 is 11.3 Å². The van der Waals surface area contributed by atoms with Gasteiger partial charge >= 0.3 is 0 Å². The van der Waals surface area contributed by atoms with Crippen LogP contribution in [-0.4, -0.2) is 58.1 Å². The summed E-state index contributed by atoms with van der Waals surface area (Å²) >= 11 is 1.36. The predicted octanol–water partition coefficient (Wildman–Crippen LogP) is 2.18. The Morgan fingerprint density at radius 3 is 2.58 bits per heavy atom. The zero-order valence-electron chi connectivity index (χ0n) is 18.2. The molecule has 1 aliphatic heterocycles. The average molecular weight is 441 g/mol. The Bertz CT molecular complexity index is 1120. The molecular weight excluding hydrogens is 412 g/mol. The number of likely N-dealkylation sites (N-methyl/N-ethyl adjacent to an activating group) is 1. The second kappa shape index (κ2) is 9.15. The fraction of sp³-hybridized carbons (Fsp3) is 0.455. The van der Waals surface area contributed by atoms with Crippen molar-refractivity contribution in [3.63, 3.8) is 0 Å². The SMILES string of the molecule is CCN1CCN(c2nc3ncn(CC(=O)NC(C)c4ccc(C)cc4)c(=O)c3s2)CC1. The molecule has 0 bridgehead atoms. The molecule has 0 radical (unpaired) electrons. The van der Waals surface area contributed by atoms with Gasteiger partial charge in [0.15, 0.2) is 10.8 Å². The monoisotopic (exact) mass is 440 g/mol. The van der Waals surface area contributed by atoms with Gasteiger partial charge in [-0.2, -0.15) is 4.98 Å². The van der Waals surface area contributed by atoms with Crippen molar-refractivity contribution in [1.82, 2.24) is 24.8 Å². The number of benzene rings is 1. The number of nitrogens with zero attached hydrogens (tertiary/aromatic N) is 5. The van der Waals surface area contributed by atoms with Crippen LogP contribution in [-0.2, 0) is 11.3 Å². The maximum absolute atomic E-state index is 12.9. The number of hydrogen-bond acceptors (Lipinski definition) is 7. The van der Waals surface area contributed by atoms with E-state index in [9.17, 15) is 9.59 Å². The van der Waals surface area contributed by atoms with Crippen molar-refractivity contribution in [2.24, 2.45) is 0 Å². The molecule has 1 aliphatic rings. The summed E-state index contributed by atoms with van der Waals surface area (Å²) in [6, 6.07) is 7.89. The highest BCUT2D eigenvalue weighted by atomic mass is 32.1. The van der Waals surface area contributed by atoms with Crippen molar-refractivity contribution in [2.75, 3.05) is 37.6 Å². The van der Waals surface area contributed by atoms with E-state index in [4.69, 9.17) is 0 Å². The van der Waals surface area contributed by atoms with Crippen molar-refractivity contribution < 1.29 is 4.79 Å². The van der Waals surface area contributed by atoms with Gasteiger partial charge in [-0.15, -0.1) is 0 Å². The Balaban J connectivity index is 1.46. The Labute approximate surface area is 185 Å². The summed E-state index contributed by atoms with van der Waals surface area (Å²) in [7, 11) is 0. The molecule has 8 nitrogen and oxygen atoms in total. The number of carbonyl (C=O) groups excluding carboxylic acids is 1. The van der Waals surface area contributed by atoms with E-state index in [2.05, 4.69) is 32.0 Å². The van der Waals surface area contributed by atoms with Crippen LogP contribution in [0.4, 0.5) is 5.13 Å². The van der Waals surface area contributed by atoms with Crippen molar-refractivity contribution in [2.45, 2.75) is 33.4 Å². The van der Waals surface area contributed by atoms with Crippen LogP contribution in [0.3, 0.4) is 0 Å². The van der Waals surface area contributed by atoms with Gasteiger partial charge in [-0.1, -0.05) is 48.1 Å². The third kappa shape index (κ3) is 4.77. The molecule has 1 unspecified atom stereocenters. The van der Waals surface area contributed by atoms with Crippen LogP contribution in [0.1, 0.15) is 31.0 Å². The zero-order valence-corrected chi connectivity index (χ0v) is 19.0. The molecule has 31 heavy (non-hydrogen) atoms. The van der Waals surface area contributed by atoms with Crippen molar-refractivity contribution in [3.05, 3.63) is 52.1 Å². The molecule has 0 saturated carbocycles. The van der Waals surface area contributed by atoms with E-state index in [1.807, 2.05) is 38.1 Å². The van der Waals surface area contributed by atoms with E-state index in [0.717, 1.165) is 43.4 Å². The highest BCUT2D eigenvalue weighted by Crippen LogP contribution is 2.26. The summed E-state index contributed by atoms with van der Waals surface area (Å²) in [5.74, 6) is -0.225. The Morgan fingerprint density at radius 1 is 1.19 bits per heavy atom. The molecule has 2 aromatic heterocycles. The molecule has 1 aromatic carbocycles. The normalized spacial score (nSPS) is 15.9. The van der Waals surface area contributed by atoms with Gasteiger partial charge in [0.2, 0.25) is 5.91 Å². The first-order chi connectivity index (χ1) is 14.9. The summed E-state index contributed by atoms with van der Waals surface area (Å²) in [6.45, 7) is 10.9. The Kier molecular flexibility index (Phi) is 6.33. The molecule has 9 heteroatoms. The van der Waals surface area contributed by atoms with E-state index >= 15 is 0 Å². The minimum atomic E-state index is -0.225. The molecule has 1 atom stereocenters. The van der Waals surface area contributed by atoms with Gasteiger partial charge in [0, 0.05) is 26.2 Å². The summed E-state index contributed by atoms with van der Waals surface area (Å²) in [5.41, 5.74) is 2.42. The quantitative estimate of drug-likeness (QED) is 0.633. The number of hydrogen-bond donors (Lipinski definition) is 1. The molecule has 3 aromatic rings. The molecule has 1 amide bonds. The van der Waals surface area contributed by atoms with Gasteiger partial charge in [-0.3, -0.25) is 14.2 Å². The average Bonchev–Trinajstić information content (AvgIpc) is 3.21. The standard InChI is InChI=1S/C22H28N6O2S/c1-4-26-9-11-27(12-10-26)22-25-20-19(31-22)21(30)28(14-23-20)13-18(29)24-16(3)17-7-5-15(2)6-8-17/h5-8,14,16H,4,9-13H2,1-3H3,(H,24,29). The number of aryl methyl sites for hydroxylation is 1. The van der Waals surface area contributed by atoms with E-state index in [-0.39, 0.29) is 24.1 Å². The molecule has 0 spiro atoms. The van der Waals surface area contributed by atoms with E-state index in [0.29, 0.717) is 10.3 Å². The fourth-order valence-corrected chi connectivity index (χ4v) is 4.74.